The molecule has 3 atom stereocenters. The SMILES string of the molecule is C=C(C)C(=O)CCC(C)OP(=O)(O)O.C=C(C)C(=O)CCCOP(=O)(O)O.C=C(C)C(=O)OCC(C)OP(=O)(O)O.C=C(C)C(=O)OCC(CCl)OP(=O)(O)O.C=C(C)C(=O)OCCOP(=O)(O)O. The van der Waals surface area contributed by atoms with Gasteiger partial charge in [-0.15, -0.1) is 11.6 Å². The number of phosphoric acid groups is 5. The summed E-state index contributed by atoms with van der Waals surface area (Å²) >= 11 is 5.35. The average Bonchev–Trinajstić information content (AvgIpc) is 3.15. The maximum atomic E-state index is 11.1. The molecule has 0 amide bonds. The summed E-state index contributed by atoms with van der Waals surface area (Å²) in [6, 6.07) is 0. The molecule has 0 aromatic heterocycles. The van der Waals surface area contributed by atoms with Gasteiger partial charge in [-0.2, -0.15) is 0 Å². The van der Waals surface area contributed by atoms with Crippen LogP contribution in [0.1, 0.15) is 74.1 Å². The van der Waals surface area contributed by atoms with E-state index in [2.05, 4.69) is 69.7 Å². The first kappa shape index (κ1) is 75.2. The van der Waals surface area contributed by atoms with Crippen LogP contribution in [0.5, 0.6) is 0 Å². The van der Waals surface area contributed by atoms with Gasteiger partial charge in [-0.1, -0.05) is 32.9 Å². The summed E-state index contributed by atoms with van der Waals surface area (Å²) in [6.45, 7) is 26.1. The van der Waals surface area contributed by atoms with E-state index in [4.69, 9.17) is 60.5 Å². The van der Waals surface area contributed by atoms with Gasteiger partial charge in [0.25, 0.3) is 0 Å². The molecule has 10 N–H and O–H groups in total. The van der Waals surface area contributed by atoms with Crippen LogP contribution in [0.15, 0.2) is 60.8 Å². The molecule has 28 nitrogen and oxygen atoms in total. The van der Waals surface area contributed by atoms with Crippen molar-refractivity contribution in [3.63, 3.8) is 0 Å². The van der Waals surface area contributed by atoms with Crippen LogP contribution in [0.4, 0.5) is 0 Å². The number of carbonyl (C=O) groups is 5. The molecule has 0 aliphatic rings. The van der Waals surface area contributed by atoms with Gasteiger partial charge in [-0.3, -0.25) is 32.2 Å². The van der Waals surface area contributed by atoms with Crippen molar-refractivity contribution in [2.45, 2.75) is 92.5 Å². The minimum atomic E-state index is -4.62. The van der Waals surface area contributed by atoms with Gasteiger partial charge in [0.2, 0.25) is 0 Å². The average molecular weight is 1120 g/mol. The number of rotatable bonds is 28. The Balaban J connectivity index is -0.000000248. The third kappa shape index (κ3) is 61.4. The Kier molecular flexibility index (Phi) is 41.4. The maximum absolute atomic E-state index is 11.1. The van der Waals surface area contributed by atoms with E-state index in [1.807, 2.05) is 0 Å². The number of ether oxygens (including phenoxy) is 3. The van der Waals surface area contributed by atoms with E-state index >= 15 is 0 Å². The van der Waals surface area contributed by atoms with Crippen molar-refractivity contribution in [3.05, 3.63) is 60.8 Å². The summed E-state index contributed by atoms with van der Waals surface area (Å²) in [4.78, 5) is 138. The molecular weight excluding hydrogens is 1060 g/mol. The van der Waals surface area contributed by atoms with Crippen molar-refractivity contribution in [2.75, 3.05) is 38.9 Å². The van der Waals surface area contributed by atoms with E-state index in [-0.39, 0.29) is 92.9 Å². The number of allylic oxidation sites excluding steroid dienone is 2. The Morgan fingerprint density at radius 3 is 1.16 bits per heavy atom. The Morgan fingerprint density at radius 2 is 0.812 bits per heavy atom. The first-order valence-electron chi connectivity index (χ1n) is 18.9. The van der Waals surface area contributed by atoms with Crippen molar-refractivity contribution in [1.82, 2.24) is 0 Å². The second-order valence-electron chi connectivity index (χ2n) is 13.6. The van der Waals surface area contributed by atoms with Gasteiger partial charge in [-0.05, 0) is 72.5 Å². The molecule has 0 saturated carbocycles. The van der Waals surface area contributed by atoms with Crippen molar-refractivity contribution >= 4 is 80.2 Å². The predicted octanol–water partition coefficient (Wildman–Crippen LogP) is 4.07. The lowest BCUT2D eigenvalue weighted by Crippen LogP contribution is -2.23. The number of hydrogen-bond acceptors (Lipinski definition) is 18. The highest BCUT2D eigenvalue weighted by Gasteiger charge is 2.24. The fourth-order valence-electron chi connectivity index (χ4n) is 3.05. The Hall–Kier alpha value is -2.71. The molecule has 34 heteroatoms. The third-order valence-electron chi connectivity index (χ3n) is 6.10. The summed E-state index contributed by atoms with van der Waals surface area (Å²) < 4.78 is 86.2. The molecule has 0 heterocycles. The quantitative estimate of drug-likeness (QED) is 0.0132. The second-order valence-corrected chi connectivity index (χ2v) is 19.9. The highest BCUT2D eigenvalue weighted by atomic mass is 35.5. The Labute approximate surface area is 403 Å². The van der Waals surface area contributed by atoms with Gasteiger partial charge < -0.3 is 63.1 Å². The first-order chi connectivity index (χ1) is 30.9. The van der Waals surface area contributed by atoms with Crippen molar-refractivity contribution in [2.24, 2.45) is 0 Å². The monoisotopic (exact) mass is 1120 g/mol. The third-order valence-corrected chi connectivity index (χ3v) is 9.33. The lowest BCUT2D eigenvalue weighted by molar-refractivity contribution is -0.142. The molecule has 0 fully saturated rings. The van der Waals surface area contributed by atoms with Crippen molar-refractivity contribution < 1.29 is 133 Å². The highest BCUT2D eigenvalue weighted by Crippen LogP contribution is 2.40. The summed E-state index contributed by atoms with van der Waals surface area (Å²) in [7, 11) is -22.4. The van der Waals surface area contributed by atoms with Gasteiger partial charge in [-0.25, -0.2) is 37.2 Å². The molecule has 69 heavy (non-hydrogen) atoms. The maximum Gasteiger partial charge on any atom is 0.470 e. The van der Waals surface area contributed by atoms with Gasteiger partial charge in [0.1, 0.15) is 32.0 Å². The zero-order valence-electron chi connectivity index (χ0n) is 38.8. The minimum Gasteiger partial charge on any atom is -0.460 e. The zero-order valence-corrected chi connectivity index (χ0v) is 44.0. The fraction of sp³-hybridized carbons (Fsp3) is 0.571. The molecule has 0 rings (SSSR count). The number of ketones is 2. The van der Waals surface area contributed by atoms with Crippen LogP contribution in [-0.2, 0) is 83.6 Å². The topological polar surface area (TPSA) is 447 Å². The predicted molar refractivity (Wildman–Crippen MR) is 244 cm³/mol. The number of esters is 3. The van der Waals surface area contributed by atoms with Gasteiger partial charge in [0, 0.05) is 29.6 Å². The van der Waals surface area contributed by atoms with Crippen LogP contribution in [0.2, 0.25) is 0 Å². The summed E-state index contributed by atoms with van der Waals surface area (Å²) in [5, 5.41) is 0. The standard InChI is InChI=1S/C8H15O5P.C7H12ClO6P.C7H13O6P.C7H13O5P.C6H11O6P/c1-6(2)8(9)5-4-7(3)13-14(10,11)12;1-5(2)7(9)13-4-6(3-8)14-15(10,11)12;1-5(2)7(8)12-4-6(3)13-14(9,10)11;1-6(2)7(8)4-3-5-12-13(9,10)11;1-5(2)6(7)11-3-4-12-13(8,9)10/h7H,1,4-5H2,2-3H3,(H2,10,11,12);6H,1,3-4H2,2H3,(H2,10,11,12);6H,1,4H2,2-3H3,(H2,9,10,11);1,3-5H2,2H3,(H2,9,10,11);1,3-4H2,2H3,(H2,8,9,10). The van der Waals surface area contributed by atoms with Crippen molar-refractivity contribution in [3.8, 4) is 0 Å². The van der Waals surface area contributed by atoms with E-state index in [1.54, 1.807) is 13.8 Å². The number of halogens is 1. The number of phosphoric ester groups is 5. The molecule has 3 unspecified atom stereocenters. The fourth-order valence-corrected chi connectivity index (χ4v) is 5.60. The van der Waals surface area contributed by atoms with Gasteiger partial charge in [0.05, 0.1) is 25.2 Å². The smallest absolute Gasteiger partial charge is 0.460 e. The van der Waals surface area contributed by atoms with Crippen LogP contribution in [0, 0.1) is 0 Å². The Morgan fingerprint density at radius 1 is 0.464 bits per heavy atom. The highest BCUT2D eigenvalue weighted by molar-refractivity contribution is 7.47. The second kappa shape index (κ2) is 38.0. The van der Waals surface area contributed by atoms with E-state index in [1.165, 1.54) is 34.6 Å². The molecule has 0 saturated heterocycles. The lowest BCUT2D eigenvalue weighted by atomic mass is 10.1. The van der Waals surface area contributed by atoms with E-state index < -0.39 is 75.3 Å². The zero-order chi connectivity index (χ0) is 55.7. The lowest BCUT2D eigenvalue weighted by Gasteiger charge is -2.15. The molecule has 0 bridgehead atoms. The van der Waals surface area contributed by atoms with Crippen LogP contribution in [-0.4, -0.2) is 136 Å². The normalized spacial score (nSPS) is 12.6. The number of hydrogen-bond donors (Lipinski definition) is 10. The molecule has 0 aromatic rings. The van der Waals surface area contributed by atoms with E-state index in [9.17, 15) is 46.8 Å². The molecular formula is C35H64ClO28P5. The minimum absolute atomic E-state index is 0.116. The number of carbonyl (C=O) groups excluding carboxylic acids is 5. The van der Waals surface area contributed by atoms with Crippen LogP contribution >= 0.6 is 50.7 Å². The van der Waals surface area contributed by atoms with Crippen LogP contribution < -0.4 is 0 Å². The van der Waals surface area contributed by atoms with E-state index in [0.29, 0.717) is 11.1 Å². The number of alkyl halides is 1. The summed E-state index contributed by atoms with van der Waals surface area (Å²) in [5.41, 5.74) is 1.49. The molecule has 0 aromatic carbocycles. The van der Waals surface area contributed by atoms with Gasteiger partial charge in [0.15, 0.2) is 11.6 Å². The molecule has 0 aliphatic carbocycles. The van der Waals surface area contributed by atoms with Crippen LogP contribution in [0.3, 0.4) is 0 Å². The summed E-state index contributed by atoms with van der Waals surface area (Å²) in [6.07, 6.45) is -1.59. The van der Waals surface area contributed by atoms with Gasteiger partial charge >= 0.3 is 57.0 Å². The first-order valence-corrected chi connectivity index (χ1v) is 27.1. The largest absolute Gasteiger partial charge is 0.470 e. The molecule has 404 valence electrons. The molecule has 0 spiro atoms. The molecule has 0 aliphatic heterocycles. The van der Waals surface area contributed by atoms with Crippen LogP contribution in [0.25, 0.3) is 0 Å². The number of Topliss-reactive ketones (excluding diaryl/α,β-unsaturated/α-hetero) is 2. The summed E-state index contributed by atoms with van der Waals surface area (Å²) in [5.74, 6) is -2.34. The molecule has 0 radical (unpaired) electrons. The van der Waals surface area contributed by atoms with Crippen molar-refractivity contribution in [1.29, 1.82) is 0 Å². The van der Waals surface area contributed by atoms with E-state index in [0.717, 1.165) is 0 Å². The Bertz CT molecular complexity index is 1830.